The van der Waals surface area contributed by atoms with Crippen LogP contribution in [0.15, 0.2) is 6.20 Å². The fourth-order valence-corrected chi connectivity index (χ4v) is 0.815. The summed E-state index contributed by atoms with van der Waals surface area (Å²) in [6.07, 6.45) is 1.45. The van der Waals surface area contributed by atoms with Crippen molar-refractivity contribution in [2.24, 2.45) is 0 Å². The van der Waals surface area contributed by atoms with Crippen LogP contribution < -0.4 is 5.73 Å². The molecule has 11 heavy (non-hydrogen) atoms. The molecule has 0 aromatic carbocycles. The number of aromatic nitrogens is 2. The predicted molar refractivity (Wildman–Crippen MR) is 45.7 cm³/mol. The van der Waals surface area contributed by atoms with Crippen LogP contribution >= 0.6 is 23.2 Å². The highest BCUT2D eigenvalue weighted by molar-refractivity contribution is 6.31. The van der Waals surface area contributed by atoms with Crippen LogP contribution in [0.2, 0.25) is 5.15 Å². The van der Waals surface area contributed by atoms with E-state index in [1.807, 2.05) is 0 Å². The lowest BCUT2D eigenvalue weighted by Crippen LogP contribution is -1.98. The largest absolute Gasteiger partial charge is 0.395 e. The average molecular weight is 192 g/mol. The number of hydrogen-bond acceptors (Lipinski definition) is 3. The summed E-state index contributed by atoms with van der Waals surface area (Å²) >= 11 is 11.3. The summed E-state index contributed by atoms with van der Waals surface area (Å²) in [4.78, 5) is 7.76. The monoisotopic (exact) mass is 191 g/mol. The van der Waals surface area contributed by atoms with Crippen molar-refractivity contribution >= 4 is 28.9 Å². The Morgan fingerprint density at radius 1 is 1.64 bits per heavy atom. The van der Waals surface area contributed by atoms with Gasteiger partial charge < -0.3 is 5.73 Å². The first-order valence-electron chi connectivity index (χ1n) is 3.03. The predicted octanol–water partition coefficient (Wildman–Crippen LogP) is 2.01. The highest BCUT2D eigenvalue weighted by Crippen LogP contribution is 2.19. The average Bonchev–Trinajstić information content (AvgIpc) is 1.94. The SMILES string of the molecule is CC(Cl)c1ncc(N)c(Cl)n1. The number of nitrogens with zero attached hydrogens (tertiary/aromatic N) is 2. The van der Waals surface area contributed by atoms with Crippen molar-refractivity contribution in [2.75, 3.05) is 5.73 Å². The standard InChI is InChI=1S/C6H7Cl2N3/c1-3(7)6-10-2-4(9)5(8)11-6/h2-3H,9H2,1H3. The molecule has 5 heteroatoms. The Balaban J connectivity index is 3.05. The zero-order chi connectivity index (χ0) is 8.43. The third kappa shape index (κ3) is 1.94. The Bertz CT molecular complexity index is 262. The first-order valence-corrected chi connectivity index (χ1v) is 3.84. The van der Waals surface area contributed by atoms with Gasteiger partial charge in [-0.15, -0.1) is 11.6 Å². The molecule has 0 radical (unpaired) electrons. The number of nitrogen functional groups attached to an aromatic ring is 1. The quantitative estimate of drug-likeness (QED) is 0.546. The number of rotatable bonds is 1. The molecule has 3 nitrogen and oxygen atoms in total. The maximum atomic E-state index is 5.70. The molecule has 0 saturated heterocycles. The molecule has 0 spiro atoms. The zero-order valence-corrected chi connectivity index (χ0v) is 7.39. The summed E-state index contributed by atoms with van der Waals surface area (Å²) in [6, 6.07) is 0. The maximum Gasteiger partial charge on any atom is 0.155 e. The smallest absolute Gasteiger partial charge is 0.155 e. The maximum absolute atomic E-state index is 5.70. The fraction of sp³-hybridized carbons (Fsp3) is 0.333. The second-order valence-electron chi connectivity index (χ2n) is 2.09. The minimum atomic E-state index is -0.243. The third-order valence-corrected chi connectivity index (χ3v) is 1.64. The molecule has 1 atom stereocenters. The van der Waals surface area contributed by atoms with Crippen molar-refractivity contribution < 1.29 is 0 Å². The molecule has 0 aliphatic heterocycles. The van der Waals surface area contributed by atoms with Gasteiger partial charge in [-0.05, 0) is 6.92 Å². The summed E-state index contributed by atoms with van der Waals surface area (Å²) in [7, 11) is 0. The summed E-state index contributed by atoms with van der Waals surface area (Å²) in [6.45, 7) is 1.77. The minimum Gasteiger partial charge on any atom is -0.395 e. The van der Waals surface area contributed by atoms with Crippen molar-refractivity contribution in [1.29, 1.82) is 0 Å². The topological polar surface area (TPSA) is 51.8 Å². The van der Waals surface area contributed by atoms with Gasteiger partial charge in [-0.3, -0.25) is 0 Å². The van der Waals surface area contributed by atoms with Crippen molar-refractivity contribution in [3.8, 4) is 0 Å². The molecule has 0 aliphatic carbocycles. The van der Waals surface area contributed by atoms with Crippen LogP contribution in [0.1, 0.15) is 18.1 Å². The van der Waals surface area contributed by atoms with E-state index >= 15 is 0 Å². The highest BCUT2D eigenvalue weighted by Gasteiger charge is 2.06. The van der Waals surface area contributed by atoms with Gasteiger partial charge in [0.1, 0.15) is 5.82 Å². The van der Waals surface area contributed by atoms with Crippen LogP contribution in [0.25, 0.3) is 0 Å². The lowest BCUT2D eigenvalue weighted by Gasteiger charge is -2.01. The van der Waals surface area contributed by atoms with Gasteiger partial charge in [0.05, 0.1) is 17.3 Å². The molecule has 1 rings (SSSR count). The molecule has 0 bridgehead atoms. The zero-order valence-electron chi connectivity index (χ0n) is 5.88. The van der Waals surface area contributed by atoms with E-state index in [2.05, 4.69) is 9.97 Å². The van der Waals surface area contributed by atoms with E-state index < -0.39 is 0 Å². The molecule has 0 fully saturated rings. The van der Waals surface area contributed by atoms with Crippen LogP contribution in [0, 0.1) is 0 Å². The van der Waals surface area contributed by atoms with Gasteiger partial charge in [-0.1, -0.05) is 11.6 Å². The van der Waals surface area contributed by atoms with E-state index in [1.54, 1.807) is 6.92 Å². The second-order valence-corrected chi connectivity index (χ2v) is 3.10. The Hall–Kier alpha value is -0.540. The van der Waals surface area contributed by atoms with E-state index in [0.717, 1.165) is 0 Å². The number of anilines is 1. The first kappa shape index (κ1) is 8.56. The van der Waals surface area contributed by atoms with Gasteiger partial charge in [-0.2, -0.15) is 0 Å². The van der Waals surface area contributed by atoms with Crippen LogP contribution in [-0.2, 0) is 0 Å². The molecule has 0 aliphatic rings. The molecule has 1 unspecified atom stereocenters. The van der Waals surface area contributed by atoms with Crippen molar-refractivity contribution in [2.45, 2.75) is 12.3 Å². The van der Waals surface area contributed by atoms with Gasteiger partial charge in [0.2, 0.25) is 0 Å². The third-order valence-electron chi connectivity index (χ3n) is 1.14. The van der Waals surface area contributed by atoms with Gasteiger partial charge in [-0.25, -0.2) is 9.97 Å². The highest BCUT2D eigenvalue weighted by atomic mass is 35.5. The molecular weight excluding hydrogens is 185 g/mol. The summed E-state index contributed by atoms with van der Waals surface area (Å²) < 4.78 is 0. The summed E-state index contributed by atoms with van der Waals surface area (Å²) in [5.41, 5.74) is 5.76. The Morgan fingerprint density at radius 2 is 2.27 bits per heavy atom. The normalized spacial score (nSPS) is 13.0. The lowest BCUT2D eigenvalue weighted by molar-refractivity contribution is 0.912. The van der Waals surface area contributed by atoms with Crippen LogP contribution in [0.3, 0.4) is 0 Å². The van der Waals surface area contributed by atoms with Gasteiger partial charge in [0.25, 0.3) is 0 Å². The second kappa shape index (κ2) is 3.24. The van der Waals surface area contributed by atoms with Crippen molar-refractivity contribution in [3.05, 3.63) is 17.2 Å². The lowest BCUT2D eigenvalue weighted by atomic mass is 10.4. The Labute approximate surface area is 74.5 Å². The van der Waals surface area contributed by atoms with E-state index in [1.165, 1.54) is 6.20 Å². The van der Waals surface area contributed by atoms with Gasteiger partial charge in [0, 0.05) is 0 Å². The van der Waals surface area contributed by atoms with Gasteiger partial charge >= 0.3 is 0 Å². The summed E-state index contributed by atoms with van der Waals surface area (Å²) in [5, 5.41) is 0.00981. The van der Waals surface area contributed by atoms with E-state index in [-0.39, 0.29) is 10.5 Å². The Morgan fingerprint density at radius 3 is 2.73 bits per heavy atom. The molecule has 0 saturated carbocycles. The van der Waals surface area contributed by atoms with Crippen LogP contribution in [0.5, 0.6) is 0 Å². The molecule has 2 N–H and O–H groups in total. The van der Waals surface area contributed by atoms with Crippen molar-refractivity contribution in [3.63, 3.8) is 0 Å². The molecule has 1 aromatic heterocycles. The number of nitrogens with two attached hydrogens (primary N) is 1. The van der Waals surface area contributed by atoms with E-state index in [0.29, 0.717) is 11.5 Å². The molecule has 60 valence electrons. The molecule has 1 heterocycles. The number of hydrogen-bond donors (Lipinski definition) is 1. The van der Waals surface area contributed by atoms with E-state index in [4.69, 9.17) is 28.9 Å². The minimum absolute atomic E-state index is 0.243. The van der Waals surface area contributed by atoms with Crippen molar-refractivity contribution in [1.82, 2.24) is 9.97 Å². The van der Waals surface area contributed by atoms with Crippen LogP contribution in [-0.4, -0.2) is 9.97 Å². The number of alkyl halides is 1. The fourth-order valence-electron chi connectivity index (χ4n) is 0.575. The summed E-state index contributed by atoms with van der Waals surface area (Å²) in [5.74, 6) is 0.492. The number of halogens is 2. The Kier molecular flexibility index (Phi) is 2.52. The molecule has 0 amide bonds. The molecule has 1 aromatic rings. The van der Waals surface area contributed by atoms with E-state index in [9.17, 15) is 0 Å². The van der Waals surface area contributed by atoms with Gasteiger partial charge in [0.15, 0.2) is 5.15 Å². The van der Waals surface area contributed by atoms with Crippen LogP contribution in [0.4, 0.5) is 5.69 Å². The first-order chi connectivity index (χ1) is 5.11. The molecular formula is C6H7Cl2N3.